The summed E-state index contributed by atoms with van der Waals surface area (Å²) in [6.07, 6.45) is 0.609. The molecule has 35 nitrogen and oxygen atoms in total. The molecule has 0 aliphatic heterocycles. The van der Waals surface area contributed by atoms with E-state index in [1.807, 2.05) is 5.43 Å². The molecule has 0 bridgehead atoms. The summed E-state index contributed by atoms with van der Waals surface area (Å²) in [5, 5.41) is 9.76. The van der Waals surface area contributed by atoms with Crippen molar-refractivity contribution in [2.45, 2.75) is 24.5 Å². The maximum Gasteiger partial charge on any atom is 1.00 e. The van der Waals surface area contributed by atoms with Crippen LogP contribution in [0.15, 0.2) is 123 Å². The van der Waals surface area contributed by atoms with E-state index in [4.69, 9.17) is 11.6 Å². The van der Waals surface area contributed by atoms with E-state index in [9.17, 15) is 109 Å². The number of carbonyl (C=O) groups is 2. The summed E-state index contributed by atoms with van der Waals surface area (Å²) >= 11 is 6.18. The van der Waals surface area contributed by atoms with E-state index >= 15 is 0 Å². The second-order valence-corrected chi connectivity index (χ2v) is 28.3. The Morgan fingerprint density at radius 3 is 1.51 bits per heavy atom. The minimum atomic E-state index is -5.92. The second-order valence-electron chi connectivity index (χ2n) is 16.7. The number of aromatic nitrogens is 3. The fraction of sp³-hybridized carbons (Fsp3) is 0.0488. The van der Waals surface area contributed by atoms with Crippen LogP contribution in [0.5, 0.6) is 0 Å². The van der Waals surface area contributed by atoms with E-state index in [1.54, 1.807) is 0 Å². The van der Waals surface area contributed by atoms with Gasteiger partial charge in [0.1, 0.15) is 72.1 Å². The SMILES string of the molecule is O=C1C(=NNc2ccc3c(S(=O)(=O)[O-])cccc3c2S(=O)(=O)[O-])C(S(=O)(=O)[O-])=Cc2cc(S(=O)(=O)[O-])cc(Nc3nc(Cl)nc(Nc4ccc(S(=O)(=O)[O-])c5c4C(=O)C(=NNc4ccc(S(=O)(=O)CCOS(=O)(=O)[O-])cc4)C(S(=O)(=O)[O-])=C5)n3)c21.[K+].[K+].[K+].[Na+].[Na+].[Na+].[Na+]. The number of carbonyl (C=O) groups excluding carboxylic acids is 2. The van der Waals surface area contributed by atoms with Gasteiger partial charge < -0.3 is 42.5 Å². The Labute approximate surface area is 743 Å². The van der Waals surface area contributed by atoms with Crippen molar-refractivity contribution in [3.8, 4) is 0 Å². The number of fused-ring (bicyclic) bond motifs is 3. The average Bonchev–Trinajstić information content (AvgIpc) is 0.788. The van der Waals surface area contributed by atoms with Crippen molar-refractivity contribution in [2.24, 2.45) is 10.2 Å². The van der Waals surface area contributed by atoms with E-state index in [2.05, 4.69) is 45.4 Å². The third kappa shape index (κ3) is 22.1. The van der Waals surface area contributed by atoms with Gasteiger partial charge in [-0.2, -0.15) is 25.2 Å². The van der Waals surface area contributed by atoms with Crippen molar-refractivity contribution in [2.75, 3.05) is 33.8 Å². The molecule has 8 rings (SSSR count). The Balaban J connectivity index is 0.00000605. The minimum absolute atomic E-state index is 0. The van der Waals surface area contributed by atoms with Crippen LogP contribution in [0.25, 0.3) is 22.9 Å². The molecule has 0 saturated carbocycles. The van der Waals surface area contributed by atoms with Crippen LogP contribution < -0.4 is 294 Å². The van der Waals surface area contributed by atoms with Crippen LogP contribution in [0.1, 0.15) is 31.8 Å². The van der Waals surface area contributed by atoms with E-state index in [1.165, 1.54) is 0 Å². The summed E-state index contributed by atoms with van der Waals surface area (Å²) in [7, 11) is -43.7. The molecule has 92 heavy (non-hydrogen) atoms. The topological polar surface area (TPSA) is 589 Å². The summed E-state index contributed by atoms with van der Waals surface area (Å²) in [5.41, 5.74) is -5.06. The summed E-state index contributed by atoms with van der Waals surface area (Å²) in [6.45, 7) is -1.07. The van der Waals surface area contributed by atoms with E-state index < -0.39 is 218 Å². The van der Waals surface area contributed by atoms with Gasteiger partial charge in [0.15, 0.2) is 9.84 Å². The van der Waals surface area contributed by atoms with Crippen molar-refractivity contribution in [3.63, 3.8) is 0 Å². The second kappa shape index (κ2) is 34.9. The Kier molecular flexibility index (Phi) is 34.6. The number of allylic oxidation sites excluding steroid dienone is 2. The van der Waals surface area contributed by atoms with Gasteiger partial charge >= 0.3 is 272 Å². The van der Waals surface area contributed by atoms with Gasteiger partial charge in [-0.1, -0.05) is 18.2 Å². The van der Waals surface area contributed by atoms with Gasteiger partial charge in [-0.25, -0.2) is 67.3 Å². The maximum absolute atomic E-state index is 14.4. The zero-order chi connectivity index (χ0) is 62.9. The van der Waals surface area contributed by atoms with Crippen LogP contribution in [-0.4, -0.2) is 150 Å². The number of halogens is 1. The quantitative estimate of drug-likeness (QED) is 0.0253. The number of Topliss-reactive ketones (excluding diaryl/α,β-unsaturated/α-hetero) is 2. The van der Waals surface area contributed by atoms with Gasteiger partial charge in [0.2, 0.25) is 39.1 Å². The van der Waals surface area contributed by atoms with Gasteiger partial charge in [-0.15, -0.1) is 0 Å². The van der Waals surface area contributed by atoms with Gasteiger partial charge in [0.05, 0.1) is 80.5 Å². The number of sulfone groups is 1. The number of rotatable bonds is 19. The molecule has 2 aliphatic carbocycles. The standard InChI is InChI=1S/C41H30ClN9O26S8.3K.4Na/c42-39-45-40(43-25-10-11-29(81(62,63)64)24-17-31(83(68,69)70)35(37(53)33(24)25)50-48-19-4-6-20(7-5-19)78(54,55)13-12-77-85(74,75)76)47-41(46-39)44-27-16-21(79(56,57)58)14-18-15-30(82(65,66)67)34(36(52)32(18)27)51-49-26-9-8-22-23(38(26)84(71,72)73)2-1-3-28(22)80(59,60)61;;;;;;;/h1-11,14-17,48-49H,12-13H2,(H,56,57,58)(H,59,60,61)(H,62,63,64)(H,65,66,67)(H,68,69,70)(H,71,72,73)(H,74,75,76)(H2,43,44,45,46,47);;;;;;;/q;7*+1/p-7. The fourth-order valence-corrected chi connectivity index (χ4v) is 13.6. The van der Waals surface area contributed by atoms with Crippen LogP contribution in [0.2, 0.25) is 5.28 Å². The monoisotopic (exact) mass is 1560 g/mol. The molecule has 0 spiro atoms. The molecule has 6 aromatic rings. The third-order valence-corrected chi connectivity index (χ3v) is 18.9. The molecule has 0 fully saturated rings. The molecule has 1 aromatic heterocycles. The van der Waals surface area contributed by atoms with Gasteiger partial charge in [0, 0.05) is 16.3 Å². The predicted molar refractivity (Wildman–Crippen MR) is 280 cm³/mol. The van der Waals surface area contributed by atoms with Gasteiger partial charge in [-0.05, 0) is 90.0 Å². The first-order valence-electron chi connectivity index (χ1n) is 21.8. The number of anilines is 6. The Morgan fingerprint density at radius 2 is 1.00 bits per heavy atom. The van der Waals surface area contributed by atoms with Crippen LogP contribution in [0.3, 0.4) is 0 Å². The number of hydrogen-bond donors (Lipinski definition) is 4. The molecule has 1 heterocycles. The van der Waals surface area contributed by atoms with Crippen LogP contribution in [0, 0.1) is 0 Å². The van der Waals surface area contributed by atoms with Gasteiger partial charge in [-0.3, -0.25) is 24.6 Å². The molecule has 5 aromatic carbocycles. The molecular weight excluding hydrogens is 1540 g/mol. The number of hydrazone groups is 2. The largest absolute Gasteiger partial charge is 1.00 e. The smallest absolute Gasteiger partial charge is 0.744 e. The molecule has 0 atom stereocenters. The average molecular weight is 1560 g/mol. The van der Waals surface area contributed by atoms with Crippen LogP contribution >= 0.6 is 11.6 Å². The predicted octanol–water partition coefficient (Wildman–Crippen LogP) is -20.8. The molecule has 0 amide bonds. The third-order valence-electron chi connectivity index (χ3n) is 11.3. The number of ketones is 2. The minimum Gasteiger partial charge on any atom is -0.744 e. The van der Waals surface area contributed by atoms with E-state index in [0.717, 1.165) is 48.5 Å². The first-order chi connectivity index (χ1) is 39.0. The first kappa shape index (κ1) is 91.2. The fourth-order valence-electron chi connectivity index (χ4n) is 7.94. The van der Waals surface area contributed by atoms with Crippen LogP contribution in [-0.2, 0) is 85.1 Å². The van der Waals surface area contributed by atoms with Crippen molar-refractivity contribution in [3.05, 3.63) is 116 Å². The number of nitrogens with one attached hydrogen (secondary N) is 4. The molecule has 4 N–H and O–H groups in total. The van der Waals surface area contributed by atoms with E-state index in [-0.39, 0.29) is 284 Å². The van der Waals surface area contributed by atoms with Crippen molar-refractivity contribution >= 4 is 173 Å². The molecule has 0 radical (unpaired) electrons. The molecule has 450 valence electrons. The zero-order valence-electron chi connectivity index (χ0n) is 47.6. The van der Waals surface area contributed by atoms with Gasteiger partial charge in [0.25, 0.3) is 0 Å². The van der Waals surface area contributed by atoms with Crippen molar-refractivity contribution < 1.29 is 385 Å². The molecular formula is C41H23ClK3N9Na4O26S8. The maximum atomic E-state index is 14.4. The molecule has 51 heteroatoms. The van der Waals surface area contributed by atoms with Crippen molar-refractivity contribution in [1.29, 1.82) is 0 Å². The molecule has 2 aliphatic rings. The molecule has 0 saturated heterocycles. The summed E-state index contributed by atoms with van der Waals surface area (Å²) < 4.78 is 286. The number of hydrogen-bond acceptors (Lipinski definition) is 35. The zero-order valence-corrected chi connectivity index (χ0v) is 72.2. The van der Waals surface area contributed by atoms with Crippen LogP contribution in [0.4, 0.5) is 34.6 Å². The Hall–Kier alpha value is 1.21. The summed E-state index contributed by atoms with van der Waals surface area (Å²) in [4.78, 5) is 31.8. The Bertz CT molecular complexity index is 5110. The number of nitrogens with zero attached hydrogens (tertiary/aromatic N) is 5. The van der Waals surface area contributed by atoms with Crippen molar-refractivity contribution in [1.82, 2.24) is 15.0 Å². The first-order valence-corrected chi connectivity index (χ1v) is 33.6. The molecule has 0 unspecified atom stereocenters. The number of benzene rings is 5. The summed E-state index contributed by atoms with van der Waals surface area (Å²) in [5.74, 6) is -6.06. The normalized spacial score (nSPS) is 14.3. The summed E-state index contributed by atoms with van der Waals surface area (Å²) in [6, 6.07) is 9.81. The van der Waals surface area contributed by atoms with E-state index in [0.29, 0.717) is 36.4 Å². The Morgan fingerprint density at radius 1 is 0.489 bits per heavy atom.